The predicted molar refractivity (Wildman–Crippen MR) is 107 cm³/mol. The van der Waals surface area contributed by atoms with Crippen LogP contribution in [0.4, 0.5) is 0 Å². The average molecular weight is 378 g/mol. The summed E-state index contributed by atoms with van der Waals surface area (Å²) in [7, 11) is 1.45. The van der Waals surface area contributed by atoms with Gasteiger partial charge in [-0.05, 0) is 37.8 Å². The number of hydrogen-bond acceptors (Lipinski definition) is 5. The number of carbonyl (C=O) groups excluding carboxylic acids is 1. The Hall–Kier alpha value is -2.40. The minimum Gasteiger partial charge on any atom is -0.467 e. The quantitative estimate of drug-likeness (QED) is 0.724. The van der Waals surface area contributed by atoms with Gasteiger partial charge in [0.15, 0.2) is 12.3 Å². The van der Waals surface area contributed by atoms with Crippen molar-refractivity contribution in [2.24, 2.45) is 5.92 Å². The highest BCUT2D eigenvalue weighted by atomic mass is 16.6. The summed E-state index contributed by atoms with van der Waals surface area (Å²) in [6.45, 7) is 1.95. The van der Waals surface area contributed by atoms with Crippen LogP contribution in [0.3, 0.4) is 0 Å². The molecule has 3 aliphatic rings. The van der Waals surface area contributed by atoms with Gasteiger partial charge in [-0.1, -0.05) is 43.5 Å². The number of nitrogens with zero attached hydrogens (tertiary/aromatic N) is 2. The highest BCUT2D eigenvalue weighted by molar-refractivity contribution is 5.86. The number of benzene rings is 1. The number of pyridine rings is 1. The standard InChI is InChI=1S/C23H26N2O3/c1-14-21(23(26)27-2)25-19(12-15-8-4-3-5-9-15)20-17(22(25)28-14)13-16-10-6-7-11-18(16)24-20/h6-7,10-15,21-22H,3-5,8-9H2,1-2H3/b19-12-/t14-,21+,22+/m1/s1. The van der Waals surface area contributed by atoms with Crippen molar-refractivity contribution in [1.82, 2.24) is 9.88 Å². The van der Waals surface area contributed by atoms with E-state index in [9.17, 15) is 4.79 Å². The molecule has 0 unspecified atom stereocenters. The molecule has 1 aromatic heterocycles. The van der Waals surface area contributed by atoms with Crippen molar-refractivity contribution in [3.05, 3.63) is 47.7 Å². The summed E-state index contributed by atoms with van der Waals surface area (Å²) in [5.74, 6) is 0.278. The van der Waals surface area contributed by atoms with Crippen LogP contribution in [0.25, 0.3) is 16.6 Å². The molecule has 0 amide bonds. The van der Waals surface area contributed by atoms with Crippen molar-refractivity contribution in [3.63, 3.8) is 0 Å². The molecule has 2 aliphatic heterocycles. The van der Waals surface area contributed by atoms with E-state index in [0.717, 1.165) is 27.9 Å². The number of ether oxygens (including phenoxy) is 2. The highest BCUT2D eigenvalue weighted by Crippen LogP contribution is 2.50. The first-order valence-corrected chi connectivity index (χ1v) is 10.3. The number of esters is 1. The first-order chi connectivity index (χ1) is 13.7. The summed E-state index contributed by atoms with van der Waals surface area (Å²) < 4.78 is 11.4. The third-order valence-corrected chi connectivity index (χ3v) is 6.37. The SMILES string of the molecule is COC(=O)[C@@H]1[C@@H](C)O[C@H]2c3cc4ccccc4nc3/C(=C/C3CCCCC3)N12. The maximum Gasteiger partial charge on any atom is 0.331 e. The molecule has 1 saturated heterocycles. The van der Waals surface area contributed by atoms with Crippen LogP contribution < -0.4 is 0 Å². The summed E-state index contributed by atoms with van der Waals surface area (Å²) in [5.41, 5.74) is 4.02. The van der Waals surface area contributed by atoms with Crippen LogP contribution in [-0.4, -0.2) is 35.1 Å². The second-order valence-electron chi connectivity index (χ2n) is 8.14. The predicted octanol–water partition coefficient (Wildman–Crippen LogP) is 4.43. The second-order valence-corrected chi connectivity index (χ2v) is 8.14. The molecule has 0 bridgehead atoms. The molecule has 1 saturated carbocycles. The number of aromatic nitrogens is 1. The normalized spacial score (nSPS) is 28.6. The van der Waals surface area contributed by atoms with E-state index in [0.29, 0.717) is 5.92 Å². The zero-order chi connectivity index (χ0) is 19.3. The van der Waals surface area contributed by atoms with E-state index >= 15 is 0 Å². The number of methoxy groups -OCH3 is 1. The third kappa shape index (κ3) is 2.72. The van der Waals surface area contributed by atoms with E-state index in [1.165, 1.54) is 39.2 Å². The van der Waals surface area contributed by atoms with Crippen molar-refractivity contribution in [1.29, 1.82) is 0 Å². The highest BCUT2D eigenvalue weighted by Gasteiger charge is 2.52. The lowest BCUT2D eigenvalue weighted by Crippen LogP contribution is -2.40. The van der Waals surface area contributed by atoms with Crippen LogP contribution in [0.15, 0.2) is 36.4 Å². The van der Waals surface area contributed by atoms with Gasteiger partial charge in [-0.25, -0.2) is 9.78 Å². The molecule has 3 heterocycles. The van der Waals surface area contributed by atoms with Gasteiger partial charge in [0.05, 0.1) is 30.1 Å². The summed E-state index contributed by atoms with van der Waals surface area (Å²) in [4.78, 5) is 19.7. The molecular formula is C23H26N2O3. The lowest BCUT2D eigenvalue weighted by molar-refractivity contribution is -0.145. The van der Waals surface area contributed by atoms with Crippen LogP contribution in [0.2, 0.25) is 0 Å². The number of carbonyl (C=O) groups is 1. The summed E-state index contributed by atoms with van der Waals surface area (Å²) in [5, 5.41) is 1.10. The van der Waals surface area contributed by atoms with Gasteiger partial charge in [-0.2, -0.15) is 0 Å². The second kappa shape index (κ2) is 6.89. The summed E-state index contributed by atoms with van der Waals surface area (Å²) in [6, 6.07) is 9.88. The number of allylic oxidation sites excluding steroid dienone is 1. The van der Waals surface area contributed by atoms with Gasteiger partial charge in [-0.15, -0.1) is 0 Å². The van der Waals surface area contributed by atoms with E-state index < -0.39 is 6.04 Å². The minimum atomic E-state index is -0.442. The first-order valence-electron chi connectivity index (χ1n) is 10.3. The van der Waals surface area contributed by atoms with Gasteiger partial charge in [0, 0.05) is 10.9 Å². The van der Waals surface area contributed by atoms with Crippen molar-refractivity contribution >= 4 is 22.6 Å². The average Bonchev–Trinajstić information content (AvgIpc) is 3.20. The number of fused-ring (bicyclic) bond motifs is 4. The topological polar surface area (TPSA) is 51.7 Å². The van der Waals surface area contributed by atoms with E-state index in [2.05, 4.69) is 23.1 Å². The molecular weight excluding hydrogens is 352 g/mol. The zero-order valence-corrected chi connectivity index (χ0v) is 16.4. The van der Waals surface area contributed by atoms with Crippen LogP contribution in [0, 0.1) is 5.92 Å². The van der Waals surface area contributed by atoms with Gasteiger partial charge < -0.3 is 14.4 Å². The van der Waals surface area contributed by atoms with Crippen LogP contribution in [0.1, 0.15) is 56.5 Å². The number of para-hydroxylation sites is 1. The lowest BCUT2D eigenvalue weighted by Gasteiger charge is -2.27. The van der Waals surface area contributed by atoms with Gasteiger partial charge in [0.1, 0.15) is 0 Å². The Morgan fingerprint density at radius 3 is 2.82 bits per heavy atom. The van der Waals surface area contributed by atoms with E-state index in [4.69, 9.17) is 14.5 Å². The molecule has 2 fully saturated rings. The summed E-state index contributed by atoms with van der Waals surface area (Å²) in [6.07, 6.45) is 8.09. The number of hydrogen-bond donors (Lipinski definition) is 0. The van der Waals surface area contributed by atoms with Crippen molar-refractivity contribution in [3.8, 4) is 0 Å². The Morgan fingerprint density at radius 2 is 2.04 bits per heavy atom. The molecule has 5 nitrogen and oxygen atoms in total. The molecule has 0 radical (unpaired) electrons. The van der Waals surface area contributed by atoms with Crippen LogP contribution >= 0.6 is 0 Å². The molecule has 0 N–H and O–H groups in total. The largest absolute Gasteiger partial charge is 0.467 e. The molecule has 3 atom stereocenters. The fourth-order valence-electron chi connectivity index (χ4n) is 4.98. The molecule has 0 spiro atoms. The molecule has 1 aromatic carbocycles. The van der Waals surface area contributed by atoms with Crippen LogP contribution in [-0.2, 0) is 14.3 Å². The Morgan fingerprint density at radius 1 is 1.25 bits per heavy atom. The lowest BCUT2D eigenvalue weighted by atomic mass is 9.88. The van der Waals surface area contributed by atoms with Crippen molar-refractivity contribution < 1.29 is 14.3 Å². The summed E-state index contributed by atoms with van der Waals surface area (Å²) >= 11 is 0. The van der Waals surface area contributed by atoms with Crippen molar-refractivity contribution in [2.75, 3.05) is 7.11 Å². The maximum absolute atomic E-state index is 12.6. The third-order valence-electron chi connectivity index (χ3n) is 6.37. The first kappa shape index (κ1) is 17.7. The Kier molecular flexibility index (Phi) is 4.35. The fraction of sp³-hybridized carbons (Fsp3) is 0.478. The number of rotatable bonds is 2. The van der Waals surface area contributed by atoms with E-state index in [-0.39, 0.29) is 18.3 Å². The molecule has 2 aromatic rings. The van der Waals surface area contributed by atoms with Gasteiger partial charge in [0.2, 0.25) is 0 Å². The smallest absolute Gasteiger partial charge is 0.331 e. The molecule has 28 heavy (non-hydrogen) atoms. The molecule has 146 valence electrons. The van der Waals surface area contributed by atoms with Gasteiger partial charge in [-0.3, -0.25) is 0 Å². The van der Waals surface area contributed by atoms with E-state index in [1.54, 1.807) is 0 Å². The van der Waals surface area contributed by atoms with E-state index in [1.807, 2.05) is 25.1 Å². The Bertz CT molecular complexity index is 948. The van der Waals surface area contributed by atoms with Gasteiger partial charge >= 0.3 is 5.97 Å². The molecule has 5 rings (SSSR count). The molecule has 1 aliphatic carbocycles. The maximum atomic E-state index is 12.6. The monoisotopic (exact) mass is 378 g/mol. The zero-order valence-electron chi connectivity index (χ0n) is 16.4. The van der Waals surface area contributed by atoms with Crippen LogP contribution in [0.5, 0.6) is 0 Å². The van der Waals surface area contributed by atoms with Gasteiger partial charge in [0.25, 0.3) is 0 Å². The van der Waals surface area contributed by atoms with Crippen molar-refractivity contribution in [2.45, 2.75) is 57.4 Å². The Labute approximate surface area is 165 Å². The fourth-order valence-corrected chi connectivity index (χ4v) is 4.98. The molecule has 5 heteroatoms. The Balaban J connectivity index is 1.66. The minimum absolute atomic E-state index is 0.230.